The maximum Gasteiger partial charge on any atom is 0.293 e. The van der Waals surface area contributed by atoms with Gasteiger partial charge in [-0.3, -0.25) is 10.1 Å². The molecule has 0 heterocycles. The molecule has 5 nitrogen and oxygen atoms in total. The van der Waals surface area contributed by atoms with Gasteiger partial charge >= 0.3 is 0 Å². The highest BCUT2D eigenvalue weighted by atomic mass is 16.6. The zero-order valence-electron chi connectivity index (χ0n) is 12.7. The fourth-order valence-electron chi connectivity index (χ4n) is 3.13. The zero-order chi connectivity index (χ0) is 16.3. The largest absolute Gasteiger partial charge is 0.379 e. The highest BCUT2D eigenvalue weighted by molar-refractivity contribution is 5.64. The molecule has 1 N–H and O–H groups in total. The third-order valence-electron chi connectivity index (χ3n) is 4.64. The van der Waals surface area contributed by atoms with Crippen LogP contribution in [0, 0.1) is 21.4 Å². The van der Waals surface area contributed by atoms with Crippen molar-refractivity contribution in [2.75, 3.05) is 11.9 Å². The molecule has 0 amide bonds. The minimum Gasteiger partial charge on any atom is -0.379 e. The maximum absolute atomic E-state index is 11.2. The number of anilines is 1. The number of hydrogen-bond donors (Lipinski definition) is 1. The van der Waals surface area contributed by atoms with E-state index < -0.39 is 4.92 Å². The fourth-order valence-corrected chi connectivity index (χ4v) is 3.13. The molecule has 0 atom stereocenters. The molecule has 3 rings (SSSR count). The van der Waals surface area contributed by atoms with Crippen LogP contribution in [0.5, 0.6) is 0 Å². The van der Waals surface area contributed by atoms with Crippen molar-refractivity contribution in [3.8, 4) is 6.07 Å². The number of nitro groups is 1. The summed E-state index contributed by atoms with van der Waals surface area (Å²) in [5, 5.41) is 23.4. The number of nitrogens with one attached hydrogen (secondary N) is 1. The summed E-state index contributed by atoms with van der Waals surface area (Å²) in [7, 11) is 0. The standard InChI is InChI=1S/C18H17N3O2/c19-12-14-7-8-16(17(11-14)21(22)23)20-13-18(9-4-10-18)15-5-2-1-3-6-15/h1-3,5-8,11,20H,4,9-10,13H2. The van der Waals surface area contributed by atoms with Gasteiger partial charge in [-0.25, -0.2) is 0 Å². The van der Waals surface area contributed by atoms with E-state index in [0.29, 0.717) is 17.8 Å². The van der Waals surface area contributed by atoms with Gasteiger partial charge in [0.15, 0.2) is 0 Å². The van der Waals surface area contributed by atoms with Crippen molar-refractivity contribution in [3.63, 3.8) is 0 Å². The molecule has 0 bridgehead atoms. The molecular formula is C18H17N3O2. The average molecular weight is 307 g/mol. The van der Waals surface area contributed by atoms with Crippen LogP contribution in [-0.4, -0.2) is 11.5 Å². The van der Waals surface area contributed by atoms with Crippen molar-refractivity contribution in [1.82, 2.24) is 0 Å². The Bertz CT molecular complexity index is 762. The molecule has 2 aromatic carbocycles. The minimum absolute atomic E-state index is 0.0447. The predicted molar refractivity (Wildman–Crippen MR) is 88.3 cm³/mol. The molecule has 0 aliphatic heterocycles. The third-order valence-corrected chi connectivity index (χ3v) is 4.64. The molecule has 2 aromatic rings. The van der Waals surface area contributed by atoms with Crippen LogP contribution in [0.1, 0.15) is 30.4 Å². The van der Waals surface area contributed by atoms with Gasteiger partial charge in [0.25, 0.3) is 5.69 Å². The molecule has 0 unspecified atom stereocenters. The molecule has 1 aliphatic rings. The maximum atomic E-state index is 11.2. The molecule has 0 radical (unpaired) electrons. The quantitative estimate of drug-likeness (QED) is 0.669. The number of rotatable bonds is 5. The van der Waals surface area contributed by atoms with Gasteiger partial charge in [0.2, 0.25) is 0 Å². The van der Waals surface area contributed by atoms with Crippen LogP contribution < -0.4 is 5.32 Å². The van der Waals surface area contributed by atoms with E-state index in [2.05, 4.69) is 17.4 Å². The Morgan fingerprint density at radius 3 is 2.52 bits per heavy atom. The van der Waals surface area contributed by atoms with E-state index in [1.165, 1.54) is 18.1 Å². The Morgan fingerprint density at radius 1 is 1.22 bits per heavy atom. The molecule has 0 spiro atoms. The van der Waals surface area contributed by atoms with Gasteiger partial charge in [0.05, 0.1) is 16.6 Å². The third kappa shape index (κ3) is 2.88. The van der Waals surface area contributed by atoms with Gasteiger partial charge in [-0.1, -0.05) is 36.8 Å². The predicted octanol–water partition coefficient (Wildman–Crippen LogP) is 4.00. The van der Waals surface area contributed by atoms with Gasteiger partial charge in [-0.05, 0) is 30.5 Å². The van der Waals surface area contributed by atoms with E-state index in [0.717, 1.165) is 12.8 Å². The van der Waals surface area contributed by atoms with Gasteiger partial charge in [-0.2, -0.15) is 5.26 Å². The minimum atomic E-state index is -0.445. The van der Waals surface area contributed by atoms with E-state index in [9.17, 15) is 10.1 Å². The van der Waals surface area contributed by atoms with Gasteiger partial charge in [-0.15, -0.1) is 0 Å². The number of nitriles is 1. The molecule has 1 aliphatic carbocycles. The molecule has 23 heavy (non-hydrogen) atoms. The second-order valence-corrected chi connectivity index (χ2v) is 5.95. The van der Waals surface area contributed by atoms with Crippen LogP contribution in [0.25, 0.3) is 0 Å². The van der Waals surface area contributed by atoms with Crippen LogP contribution in [-0.2, 0) is 5.41 Å². The number of benzene rings is 2. The molecule has 0 saturated heterocycles. The van der Waals surface area contributed by atoms with Gasteiger partial charge in [0.1, 0.15) is 5.69 Å². The lowest BCUT2D eigenvalue weighted by Crippen LogP contribution is -2.41. The Morgan fingerprint density at radius 2 is 1.96 bits per heavy atom. The average Bonchev–Trinajstić information content (AvgIpc) is 2.54. The summed E-state index contributed by atoms with van der Waals surface area (Å²) < 4.78 is 0. The topological polar surface area (TPSA) is 79.0 Å². The second kappa shape index (κ2) is 6.09. The van der Waals surface area contributed by atoms with E-state index in [-0.39, 0.29) is 11.1 Å². The first kappa shape index (κ1) is 15.0. The van der Waals surface area contributed by atoms with Crippen molar-refractivity contribution in [2.45, 2.75) is 24.7 Å². The zero-order valence-corrected chi connectivity index (χ0v) is 12.7. The van der Waals surface area contributed by atoms with Crippen molar-refractivity contribution < 1.29 is 4.92 Å². The molecule has 1 saturated carbocycles. The number of nitro benzene ring substituents is 1. The summed E-state index contributed by atoms with van der Waals surface area (Å²) in [5.74, 6) is 0. The summed E-state index contributed by atoms with van der Waals surface area (Å²) in [6.07, 6.45) is 3.33. The Balaban J connectivity index is 1.83. The first-order valence-electron chi connectivity index (χ1n) is 7.63. The van der Waals surface area contributed by atoms with E-state index >= 15 is 0 Å². The van der Waals surface area contributed by atoms with Gasteiger partial charge in [0, 0.05) is 18.0 Å². The van der Waals surface area contributed by atoms with Crippen molar-refractivity contribution in [3.05, 3.63) is 69.8 Å². The van der Waals surface area contributed by atoms with Crippen molar-refractivity contribution >= 4 is 11.4 Å². The lowest BCUT2D eigenvalue weighted by Gasteiger charge is -2.42. The van der Waals surface area contributed by atoms with Crippen LogP contribution in [0.15, 0.2) is 48.5 Å². The lowest BCUT2D eigenvalue weighted by molar-refractivity contribution is -0.384. The molecule has 0 aromatic heterocycles. The Hall–Kier alpha value is -2.87. The van der Waals surface area contributed by atoms with Crippen LogP contribution >= 0.6 is 0 Å². The summed E-state index contributed by atoms with van der Waals surface area (Å²) in [5.41, 5.74) is 2.03. The van der Waals surface area contributed by atoms with E-state index in [1.807, 2.05) is 24.3 Å². The van der Waals surface area contributed by atoms with Crippen LogP contribution in [0.3, 0.4) is 0 Å². The normalized spacial score (nSPS) is 15.3. The smallest absolute Gasteiger partial charge is 0.293 e. The van der Waals surface area contributed by atoms with Crippen LogP contribution in [0.2, 0.25) is 0 Å². The lowest BCUT2D eigenvalue weighted by atomic mass is 9.64. The SMILES string of the molecule is N#Cc1ccc(NCC2(c3ccccc3)CCC2)c([N+](=O)[O-])c1. The van der Waals surface area contributed by atoms with E-state index in [1.54, 1.807) is 12.1 Å². The second-order valence-electron chi connectivity index (χ2n) is 5.95. The Labute approximate surface area is 134 Å². The first-order chi connectivity index (χ1) is 11.1. The number of hydrogen-bond acceptors (Lipinski definition) is 4. The molecule has 116 valence electrons. The van der Waals surface area contributed by atoms with Crippen molar-refractivity contribution in [2.24, 2.45) is 0 Å². The summed E-state index contributed by atoms with van der Waals surface area (Å²) in [6.45, 7) is 0.657. The van der Waals surface area contributed by atoms with E-state index in [4.69, 9.17) is 5.26 Å². The summed E-state index contributed by atoms with van der Waals surface area (Å²) >= 11 is 0. The molecule has 5 heteroatoms. The monoisotopic (exact) mass is 307 g/mol. The summed E-state index contributed by atoms with van der Waals surface area (Å²) in [6, 6.07) is 16.8. The van der Waals surface area contributed by atoms with Crippen LogP contribution in [0.4, 0.5) is 11.4 Å². The fraction of sp³-hybridized carbons (Fsp3) is 0.278. The van der Waals surface area contributed by atoms with Gasteiger partial charge < -0.3 is 5.32 Å². The summed E-state index contributed by atoms with van der Waals surface area (Å²) in [4.78, 5) is 10.8. The first-order valence-corrected chi connectivity index (χ1v) is 7.63. The highest BCUT2D eigenvalue weighted by Crippen LogP contribution is 2.44. The molecular weight excluding hydrogens is 290 g/mol. The molecule has 1 fully saturated rings. The van der Waals surface area contributed by atoms with Crippen molar-refractivity contribution in [1.29, 1.82) is 5.26 Å². The highest BCUT2D eigenvalue weighted by Gasteiger charge is 2.38. The Kier molecular flexibility index (Phi) is 3.98. The number of nitrogens with zero attached hydrogens (tertiary/aromatic N) is 2.